The summed E-state index contributed by atoms with van der Waals surface area (Å²) in [5.74, 6) is 1.88. The van der Waals surface area contributed by atoms with E-state index < -0.39 is 0 Å². The number of nitriles is 1. The molecule has 0 saturated heterocycles. The number of allylic oxidation sites excluding steroid dienone is 1. The van der Waals surface area contributed by atoms with Crippen molar-refractivity contribution >= 4 is 11.9 Å². The zero-order chi connectivity index (χ0) is 20.4. The molecule has 0 aliphatic rings. The largest absolute Gasteiger partial charge is 0.494 e. The molecule has 0 radical (unpaired) electrons. The molecule has 2 aromatic carbocycles. The minimum absolute atomic E-state index is 0.0690. The summed E-state index contributed by atoms with van der Waals surface area (Å²) < 4.78 is 21.6. The fourth-order valence-electron chi connectivity index (χ4n) is 2.52. The van der Waals surface area contributed by atoms with Crippen LogP contribution in [0.5, 0.6) is 23.0 Å². The molecule has 0 aliphatic carbocycles. The van der Waals surface area contributed by atoms with E-state index in [0.717, 1.165) is 5.56 Å². The molecule has 0 heterocycles. The maximum Gasteiger partial charge on any atom is 0.189 e. The van der Waals surface area contributed by atoms with Crippen LogP contribution in [0.25, 0.3) is 6.08 Å². The fourth-order valence-corrected chi connectivity index (χ4v) is 2.52. The third-order valence-corrected chi connectivity index (χ3v) is 3.73. The summed E-state index contributed by atoms with van der Waals surface area (Å²) in [4.78, 5) is 12.7. The minimum atomic E-state index is -0.200. The lowest BCUT2D eigenvalue weighted by Gasteiger charge is -2.11. The zero-order valence-corrected chi connectivity index (χ0v) is 16.2. The van der Waals surface area contributed by atoms with Gasteiger partial charge in [-0.15, -0.1) is 0 Å². The number of nitrogens with zero attached hydrogens (tertiary/aromatic N) is 1. The van der Waals surface area contributed by atoms with Crippen molar-refractivity contribution in [3.8, 4) is 29.1 Å². The van der Waals surface area contributed by atoms with Gasteiger partial charge in [-0.1, -0.05) is 12.1 Å². The first-order chi connectivity index (χ1) is 13.6. The average Bonchev–Trinajstić information content (AvgIpc) is 2.72. The molecule has 0 saturated carbocycles. The van der Waals surface area contributed by atoms with Gasteiger partial charge in [0.15, 0.2) is 23.9 Å². The monoisotopic (exact) mass is 381 g/mol. The summed E-state index contributed by atoms with van der Waals surface area (Å²) in [6, 6.07) is 12.3. The van der Waals surface area contributed by atoms with E-state index in [9.17, 15) is 4.79 Å². The van der Waals surface area contributed by atoms with Crippen molar-refractivity contribution in [2.45, 2.75) is 13.8 Å². The zero-order valence-electron chi connectivity index (χ0n) is 16.2. The lowest BCUT2D eigenvalue weighted by atomic mass is 10.1. The second-order valence-corrected chi connectivity index (χ2v) is 5.58. The number of carbonyl (C=O) groups is 1. The molecule has 0 atom stereocenters. The van der Waals surface area contributed by atoms with Gasteiger partial charge in [-0.3, -0.25) is 4.79 Å². The van der Waals surface area contributed by atoms with Crippen LogP contribution >= 0.6 is 0 Å². The Balaban J connectivity index is 2.25. The molecule has 2 aromatic rings. The summed E-state index contributed by atoms with van der Waals surface area (Å²) in [6.07, 6.45) is 3.15. The Morgan fingerprint density at radius 3 is 2.43 bits per heavy atom. The number of carbonyl (C=O) groups excluding carboxylic acids is 1. The first-order valence-corrected chi connectivity index (χ1v) is 8.92. The van der Waals surface area contributed by atoms with Gasteiger partial charge in [-0.2, -0.15) is 5.26 Å². The molecule has 2 rings (SSSR count). The molecule has 0 bridgehead atoms. The SMILES string of the molecule is CCOc1ccc(OCC)c(C(=O)/C=C/c2ccc(OCC#N)c(OC)c2)c1. The number of methoxy groups -OCH3 is 1. The van der Waals surface area contributed by atoms with E-state index in [1.54, 1.807) is 42.5 Å². The van der Waals surface area contributed by atoms with Crippen molar-refractivity contribution in [3.05, 3.63) is 53.6 Å². The van der Waals surface area contributed by atoms with Crippen molar-refractivity contribution in [2.75, 3.05) is 26.9 Å². The minimum Gasteiger partial charge on any atom is -0.494 e. The number of ketones is 1. The van der Waals surface area contributed by atoms with Gasteiger partial charge in [-0.05, 0) is 55.8 Å². The van der Waals surface area contributed by atoms with Gasteiger partial charge in [0.05, 0.1) is 25.9 Å². The Labute approximate surface area is 164 Å². The van der Waals surface area contributed by atoms with E-state index >= 15 is 0 Å². The van der Waals surface area contributed by atoms with Crippen molar-refractivity contribution in [1.82, 2.24) is 0 Å². The Hall–Kier alpha value is -3.46. The molecule has 0 aromatic heterocycles. The van der Waals surface area contributed by atoms with Crippen molar-refractivity contribution < 1.29 is 23.7 Å². The van der Waals surface area contributed by atoms with Crippen LogP contribution in [-0.4, -0.2) is 32.7 Å². The van der Waals surface area contributed by atoms with Crippen LogP contribution in [0.3, 0.4) is 0 Å². The van der Waals surface area contributed by atoms with E-state index in [1.807, 2.05) is 19.9 Å². The Bertz CT molecular complexity index is 883. The lowest BCUT2D eigenvalue weighted by molar-refractivity contribution is 0.104. The van der Waals surface area contributed by atoms with Crippen LogP contribution in [0.15, 0.2) is 42.5 Å². The van der Waals surface area contributed by atoms with E-state index in [4.69, 9.17) is 24.2 Å². The first kappa shape index (κ1) is 20.8. The van der Waals surface area contributed by atoms with Gasteiger partial charge in [0.1, 0.15) is 17.6 Å². The lowest BCUT2D eigenvalue weighted by Crippen LogP contribution is -2.03. The molecule has 0 fully saturated rings. The quantitative estimate of drug-likeness (QED) is 0.451. The van der Waals surface area contributed by atoms with Crippen LogP contribution < -0.4 is 18.9 Å². The Morgan fingerprint density at radius 1 is 1.00 bits per heavy atom. The van der Waals surface area contributed by atoms with Crippen LogP contribution in [0.1, 0.15) is 29.8 Å². The maximum absolute atomic E-state index is 12.7. The van der Waals surface area contributed by atoms with E-state index in [0.29, 0.717) is 41.8 Å². The molecule has 0 amide bonds. The molecular formula is C22H23NO5. The standard InChI is InChI=1S/C22H23NO5/c1-4-26-17-8-11-20(27-5-2)18(15-17)19(24)9-6-16-7-10-21(28-13-12-23)22(14-16)25-3/h6-11,14-15H,4-5,13H2,1-3H3/b9-6+. The van der Waals surface area contributed by atoms with Crippen LogP contribution in [0.4, 0.5) is 0 Å². The van der Waals surface area contributed by atoms with E-state index in [-0.39, 0.29) is 12.4 Å². The first-order valence-electron chi connectivity index (χ1n) is 8.92. The van der Waals surface area contributed by atoms with Crippen molar-refractivity contribution in [2.24, 2.45) is 0 Å². The normalized spacial score (nSPS) is 10.4. The Kier molecular flexibility index (Phi) is 7.92. The molecule has 0 N–H and O–H groups in total. The molecule has 6 heteroatoms. The second-order valence-electron chi connectivity index (χ2n) is 5.58. The van der Waals surface area contributed by atoms with Crippen LogP contribution in [-0.2, 0) is 0 Å². The number of ether oxygens (including phenoxy) is 4. The topological polar surface area (TPSA) is 77.8 Å². The van der Waals surface area contributed by atoms with Crippen LogP contribution in [0.2, 0.25) is 0 Å². The highest BCUT2D eigenvalue weighted by Crippen LogP contribution is 2.29. The number of rotatable bonds is 10. The van der Waals surface area contributed by atoms with Gasteiger partial charge >= 0.3 is 0 Å². The molecule has 6 nitrogen and oxygen atoms in total. The van der Waals surface area contributed by atoms with Gasteiger partial charge in [0.25, 0.3) is 0 Å². The maximum atomic E-state index is 12.7. The molecule has 28 heavy (non-hydrogen) atoms. The van der Waals surface area contributed by atoms with Gasteiger partial charge in [0.2, 0.25) is 0 Å². The predicted molar refractivity (Wildman–Crippen MR) is 106 cm³/mol. The van der Waals surface area contributed by atoms with E-state index in [1.165, 1.54) is 13.2 Å². The van der Waals surface area contributed by atoms with Gasteiger partial charge in [0, 0.05) is 0 Å². The fraction of sp³-hybridized carbons (Fsp3) is 0.273. The molecule has 0 unspecified atom stereocenters. The predicted octanol–water partition coefficient (Wildman–Crippen LogP) is 4.29. The van der Waals surface area contributed by atoms with Crippen molar-refractivity contribution in [3.63, 3.8) is 0 Å². The highest BCUT2D eigenvalue weighted by Gasteiger charge is 2.12. The summed E-state index contributed by atoms with van der Waals surface area (Å²) in [5.41, 5.74) is 1.19. The van der Waals surface area contributed by atoms with Crippen molar-refractivity contribution in [1.29, 1.82) is 5.26 Å². The van der Waals surface area contributed by atoms with E-state index in [2.05, 4.69) is 0 Å². The molecule has 0 aliphatic heterocycles. The van der Waals surface area contributed by atoms with Crippen LogP contribution in [0, 0.1) is 11.3 Å². The summed E-state index contributed by atoms with van der Waals surface area (Å²) in [5, 5.41) is 8.63. The number of benzene rings is 2. The highest BCUT2D eigenvalue weighted by atomic mass is 16.5. The smallest absolute Gasteiger partial charge is 0.189 e. The molecular weight excluding hydrogens is 358 g/mol. The highest BCUT2D eigenvalue weighted by molar-refractivity contribution is 6.08. The second kappa shape index (κ2) is 10.6. The molecule has 0 spiro atoms. The number of hydrogen-bond acceptors (Lipinski definition) is 6. The summed E-state index contributed by atoms with van der Waals surface area (Å²) >= 11 is 0. The van der Waals surface area contributed by atoms with Gasteiger partial charge < -0.3 is 18.9 Å². The summed E-state index contributed by atoms with van der Waals surface area (Å²) in [6.45, 7) is 4.65. The number of hydrogen-bond donors (Lipinski definition) is 0. The Morgan fingerprint density at radius 2 is 1.75 bits per heavy atom. The third-order valence-electron chi connectivity index (χ3n) is 3.73. The van der Waals surface area contributed by atoms with Gasteiger partial charge in [-0.25, -0.2) is 0 Å². The third kappa shape index (κ3) is 5.52. The molecule has 146 valence electrons. The average molecular weight is 381 g/mol. The summed E-state index contributed by atoms with van der Waals surface area (Å²) in [7, 11) is 1.51.